The molecule has 4 unspecified atom stereocenters. The van der Waals surface area contributed by atoms with Crippen LogP contribution in [0.4, 0.5) is 4.79 Å². The molecule has 1 aromatic carbocycles. The first-order chi connectivity index (χ1) is 21.9. The molecule has 0 bridgehead atoms. The molecule has 0 aliphatic carbocycles. The number of carbonyl (C=O) groups is 2. The van der Waals surface area contributed by atoms with Crippen LogP contribution >= 0.6 is 0 Å². The van der Waals surface area contributed by atoms with Gasteiger partial charge in [-0.1, -0.05) is 12.1 Å². The van der Waals surface area contributed by atoms with E-state index in [4.69, 9.17) is 19.9 Å². The Hall–Kier alpha value is -3.25. The van der Waals surface area contributed by atoms with Crippen LogP contribution in [-0.2, 0) is 20.7 Å². The molecule has 2 amide bonds. The van der Waals surface area contributed by atoms with Gasteiger partial charge in [-0.2, -0.15) is 0 Å². The summed E-state index contributed by atoms with van der Waals surface area (Å²) in [6.45, 7) is 11.6. The molecule has 2 saturated heterocycles. The standard InChI is InChI=1S/C35H51N5O6/c1-22(2)45-34(42)38-16-13-24(14-17-38)23(3)46-32-12-11-27(21-37-32)25-9-10-26-19-29(33(41)39-15-7-8-31(39)36)40(43)30(28(26)18-25)20-35(4,5)44-6/h9-12,18,21-24,29-31,40H,7-8,13-17,19-20,36H2,1-6H3/t23?,29?,30?,31-/m0/s1. The summed E-state index contributed by atoms with van der Waals surface area (Å²) in [7, 11) is 1.65. The minimum atomic E-state index is -0.735. The van der Waals surface area contributed by atoms with E-state index in [1.807, 2.05) is 52.0 Å². The topological polar surface area (TPSA) is 135 Å². The van der Waals surface area contributed by atoms with Gasteiger partial charge >= 0.3 is 6.09 Å². The summed E-state index contributed by atoms with van der Waals surface area (Å²) in [4.78, 5) is 33.8. The van der Waals surface area contributed by atoms with Gasteiger partial charge in [0.1, 0.15) is 12.1 Å². The number of nitrogens with two attached hydrogens (primary N) is 1. The van der Waals surface area contributed by atoms with Gasteiger partial charge in [-0.3, -0.25) is 4.79 Å². The van der Waals surface area contributed by atoms with Crippen LogP contribution in [0.3, 0.4) is 0 Å². The highest BCUT2D eigenvalue weighted by Gasteiger charge is 2.43. The predicted molar refractivity (Wildman–Crippen MR) is 175 cm³/mol. The van der Waals surface area contributed by atoms with Crippen LogP contribution in [-0.4, -0.2) is 83.5 Å². The van der Waals surface area contributed by atoms with Crippen LogP contribution in [0, 0.1) is 11.1 Å². The molecule has 3 aliphatic rings. The Morgan fingerprint density at radius 2 is 1.80 bits per heavy atom. The molecule has 0 saturated carbocycles. The van der Waals surface area contributed by atoms with E-state index in [0.717, 1.165) is 47.9 Å². The Kier molecular flexibility index (Phi) is 10.6. The summed E-state index contributed by atoms with van der Waals surface area (Å²) in [6, 6.07) is 8.82. The smallest absolute Gasteiger partial charge is 0.410 e. The van der Waals surface area contributed by atoms with E-state index < -0.39 is 17.7 Å². The number of carbonyl (C=O) groups excluding carboxylic acids is 2. The number of pyridine rings is 1. The third kappa shape index (κ3) is 7.65. The summed E-state index contributed by atoms with van der Waals surface area (Å²) >= 11 is 0. The van der Waals surface area contributed by atoms with Crippen LogP contribution in [0.1, 0.15) is 83.9 Å². The van der Waals surface area contributed by atoms with Crippen molar-refractivity contribution in [2.24, 2.45) is 11.7 Å². The second kappa shape index (κ2) is 14.3. The van der Waals surface area contributed by atoms with Crippen molar-refractivity contribution in [1.29, 1.82) is 0 Å². The summed E-state index contributed by atoms with van der Waals surface area (Å²) < 4.78 is 17.3. The molecule has 1 aromatic heterocycles. The molecule has 0 spiro atoms. The number of benzene rings is 1. The van der Waals surface area contributed by atoms with Crippen molar-refractivity contribution in [2.45, 2.75) is 109 Å². The van der Waals surface area contributed by atoms with Gasteiger partial charge in [0.15, 0.2) is 6.04 Å². The summed E-state index contributed by atoms with van der Waals surface area (Å²) in [5, 5.41) is 13.9. The molecule has 11 nitrogen and oxygen atoms in total. The van der Waals surface area contributed by atoms with E-state index in [1.54, 1.807) is 23.1 Å². The van der Waals surface area contributed by atoms with E-state index in [-0.39, 0.29) is 35.4 Å². The maximum atomic E-state index is 14.0. The first-order valence-electron chi connectivity index (χ1n) is 16.7. The molecule has 0 radical (unpaired) electrons. The third-order valence-corrected chi connectivity index (χ3v) is 9.94. The van der Waals surface area contributed by atoms with Gasteiger partial charge in [0.2, 0.25) is 5.88 Å². The van der Waals surface area contributed by atoms with E-state index in [0.29, 0.717) is 44.3 Å². The molecule has 4 heterocycles. The van der Waals surface area contributed by atoms with E-state index in [2.05, 4.69) is 18.0 Å². The molecule has 252 valence electrons. The highest BCUT2D eigenvalue weighted by Crippen LogP contribution is 2.34. The van der Waals surface area contributed by atoms with Crippen molar-refractivity contribution >= 4 is 12.0 Å². The number of methoxy groups -OCH3 is 1. The van der Waals surface area contributed by atoms with Gasteiger partial charge < -0.3 is 40.0 Å². The zero-order valence-electron chi connectivity index (χ0n) is 28.2. The number of piperidine rings is 1. The fourth-order valence-corrected chi connectivity index (χ4v) is 7.00. The normalized spacial score (nSPS) is 24.5. The van der Waals surface area contributed by atoms with Gasteiger partial charge in [-0.25, -0.2) is 9.78 Å². The van der Waals surface area contributed by atoms with Gasteiger partial charge in [0.25, 0.3) is 5.91 Å². The minimum absolute atomic E-state index is 0.0490. The molecule has 11 heteroatoms. The second-order valence-corrected chi connectivity index (χ2v) is 14.0. The van der Waals surface area contributed by atoms with E-state index in [9.17, 15) is 14.8 Å². The molecule has 46 heavy (non-hydrogen) atoms. The maximum Gasteiger partial charge on any atom is 0.410 e. The lowest BCUT2D eigenvalue weighted by molar-refractivity contribution is -0.902. The third-order valence-electron chi connectivity index (χ3n) is 9.94. The molecule has 3 aliphatic heterocycles. The lowest BCUT2D eigenvalue weighted by Gasteiger charge is -2.45. The fraction of sp³-hybridized carbons (Fsp3) is 0.629. The number of nitrogens with zero attached hydrogens (tertiary/aromatic N) is 3. The van der Waals surface area contributed by atoms with Crippen molar-refractivity contribution in [1.82, 2.24) is 14.8 Å². The molecule has 5 atom stereocenters. The highest BCUT2D eigenvalue weighted by molar-refractivity contribution is 5.82. The van der Waals surface area contributed by atoms with Gasteiger partial charge in [0, 0.05) is 63.0 Å². The van der Waals surface area contributed by atoms with Crippen molar-refractivity contribution in [3.05, 3.63) is 52.9 Å². The number of hydrogen-bond acceptors (Lipinski definition) is 8. The van der Waals surface area contributed by atoms with Crippen LogP contribution in [0.25, 0.3) is 11.1 Å². The average molecular weight is 638 g/mol. The molecule has 2 aromatic rings. The van der Waals surface area contributed by atoms with E-state index in [1.165, 1.54) is 0 Å². The number of fused-ring (bicyclic) bond motifs is 1. The maximum absolute atomic E-state index is 14.0. The Morgan fingerprint density at radius 3 is 2.41 bits per heavy atom. The molecule has 2 fully saturated rings. The number of ether oxygens (including phenoxy) is 3. The van der Waals surface area contributed by atoms with Gasteiger partial charge in [-0.05, 0) is 89.5 Å². The quantitative estimate of drug-likeness (QED) is 0.396. The first kappa shape index (κ1) is 34.1. The largest absolute Gasteiger partial charge is 0.633 e. The zero-order chi connectivity index (χ0) is 33.2. The number of amides is 2. The van der Waals surface area contributed by atoms with Crippen LogP contribution < -0.4 is 15.5 Å². The molecular weight excluding hydrogens is 586 g/mol. The van der Waals surface area contributed by atoms with Crippen LogP contribution in [0.15, 0.2) is 36.5 Å². The van der Waals surface area contributed by atoms with Crippen molar-refractivity contribution in [2.75, 3.05) is 26.7 Å². The number of rotatable bonds is 9. The molecular formula is C35H51N5O6. The lowest BCUT2D eigenvalue weighted by Crippen LogP contribution is -3.14. The molecule has 5 rings (SSSR count). The summed E-state index contributed by atoms with van der Waals surface area (Å²) in [6.07, 6.45) is 5.21. The number of quaternary nitrogens is 1. The number of likely N-dealkylation sites (tertiary alicyclic amines) is 2. The first-order valence-corrected chi connectivity index (χ1v) is 16.7. The Morgan fingerprint density at radius 1 is 1.09 bits per heavy atom. The number of nitrogens with one attached hydrogen (secondary N) is 1. The Balaban J connectivity index is 1.29. The summed E-state index contributed by atoms with van der Waals surface area (Å²) in [5.41, 5.74) is 9.49. The SMILES string of the molecule is COC(C)(C)CC1c2cc(-c3ccc(OC(C)C4CCN(C(=O)OC(C)C)CC4)nc3)ccc2CC(C(=O)N2CCC[C@H]2N)[NH+]1[O-]. The second-order valence-electron chi connectivity index (χ2n) is 14.0. The van der Waals surface area contributed by atoms with Crippen molar-refractivity contribution < 1.29 is 28.9 Å². The Labute approximate surface area is 272 Å². The van der Waals surface area contributed by atoms with E-state index >= 15 is 0 Å². The van der Waals surface area contributed by atoms with Crippen LogP contribution in [0.2, 0.25) is 0 Å². The molecule has 3 N–H and O–H groups in total. The fourth-order valence-electron chi connectivity index (χ4n) is 7.00. The van der Waals surface area contributed by atoms with Crippen molar-refractivity contribution in [3.63, 3.8) is 0 Å². The predicted octanol–water partition coefficient (Wildman–Crippen LogP) is 3.84. The number of aromatic nitrogens is 1. The monoisotopic (exact) mass is 637 g/mol. The van der Waals surface area contributed by atoms with Crippen molar-refractivity contribution in [3.8, 4) is 17.0 Å². The highest BCUT2D eigenvalue weighted by atomic mass is 16.6. The van der Waals surface area contributed by atoms with Gasteiger partial charge in [0.05, 0.1) is 17.9 Å². The average Bonchev–Trinajstić information content (AvgIpc) is 3.47. The van der Waals surface area contributed by atoms with Gasteiger partial charge in [-0.15, -0.1) is 0 Å². The summed E-state index contributed by atoms with van der Waals surface area (Å²) in [5.74, 6) is 0.707. The van der Waals surface area contributed by atoms with Crippen LogP contribution in [0.5, 0.6) is 5.88 Å². The lowest BCUT2D eigenvalue weighted by atomic mass is 9.82. The zero-order valence-corrected chi connectivity index (χ0v) is 28.2. The Bertz CT molecular complexity index is 1360. The minimum Gasteiger partial charge on any atom is -0.633 e. The number of hydrogen-bond donors (Lipinski definition) is 2. The number of hydroxylamine groups is 2.